The normalized spacial score (nSPS) is 10.3. The Morgan fingerprint density at radius 1 is 1.12 bits per heavy atom. The number of esters is 1. The molecule has 0 bridgehead atoms. The second-order valence-corrected chi connectivity index (χ2v) is 5.35. The first-order valence-electron chi connectivity index (χ1n) is 8.00. The summed E-state index contributed by atoms with van der Waals surface area (Å²) in [5.74, 6) is -0.354. The van der Waals surface area contributed by atoms with Crippen molar-refractivity contribution in [2.75, 3.05) is 20.8 Å². The first-order valence-corrected chi connectivity index (χ1v) is 8.00. The lowest BCUT2D eigenvalue weighted by Crippen LogP contribution is -2.25. The molecule has 0 atom stereocenters. The molecule has 0 aliphatic heterocycles. The maximum atomic E-state index is 12.3. The number of ketones is 1. The van der Waals surface area contributed by atoms with Gasteiger partial charge in [-0.25, -0.2) is 9.48 Å². The highest BCUT2D eigenvalue weighted by Gasteiger charge is 2.17. The van der Waals surface area contributed by atoms with Crippen LogP contribution < -0.4 is 15.0 Å². The Morgan fingerprint density at radius 3 is 2.54 bits per heavy atom. The largest absolute Gasteiger partial charge is 0.497 e. The van der Waals surface area contributed by atoms with Crippen molar-refractivity contribution in [3.63, 3.8) is 0 Å². The lowest BCUT2D eigenvalue weighted by molar-refractivity contribution is 0.0465. The first-order chi connectivity index (χ1) is 12.5. The minimum Gasteiger partial charge on any atom is -0.497 e. The van der Waals surface area contributed by atoms with Crippen LogP contribution in [0.3, 0.4) is 0 Å². The van der Waals surface area contributed by atoms with Crippen molar-refractivity contribution in [3.8, 4) is 11.5 Å². The maximum absolute atomic E-state index is 12.3. The molecule has 0 saturated heterocycles. The van der Waals surface area contributed by atoms with Gasteiger partial charge in [0.15, 0.2) is 12.3 Å². The SMILES string of the molecule is CCCn1nc(C(=O)OCC(=O)c2ccc(OC)cc2OC)ccc1=O. The van der Waals surface area contributed by atoms with Crippen LogP contribution in [0.5, 0.6) is 11.5 Å². The summed E-state index contributed by atoms with van der Waals surface area (Å²) < 4.78 is 16.4. The van der Waals surface area contributed by atoms with Crippen LogP contribution in [-0.4, -0.2) is 42.4 Å². The monoisotopic (exact) mass is 360 g/mol. The second kappa shape index (κ2) is 8.80. The lowest BCUT2D eigenvalue weighted by atomic mass is 10.1. The zero-order valence-electron chi connectivity index (χ0n) is 14.9. The van der Waals surface area contributed by atoms with Crippen molar-refractivity contribution in [3.05, 3.63) is 51.9 Å². The predicted molar refractivity (Wildman–Crippen MR) is 92.9 cm³/mol. The fraction of sp³-hybridized carbons (Fsp3) is 0.333. The van der Waals surface area contributed by atoms with Gasteiger partial charge in [0, 0.05) is 18.7 Å². The van der Waals surface area contributed by atoms with Gasteiger partial charge in [-0.2, -0.15) is 5.10 Å². The smallest absolute Gasteiger partial charge is 0.359 e. The fourth-order valence-electron chi connectivity index (χ4n) is 2.24. The summed E-state index contributed by atoms with van der Waals surface area (Å²) in [6.45, 7) is 1.80. The molecule has 0 unspecified atom stereocenters. The Kier molecular flexibility index (Phi) is 6.48. The summed E-state index contributed by atoms with van der Waals surface area (Å²) in [7, 11) is 2.93. The summed E-state index contributed by atoms with van der Waals surface area (Å²) in [6, 6.07) is 7.23. The number of aryl methyl sites for hydroxylation is 1. The number of ether oxygens (including phenoxy) is 3. The van der Waals surface area contributed by atoms with Crippen LogP contribution in [0.1, 0.15) is 34.2 Å². The van der Waals surface area contributed by atoms with E-state index in [1.165, 1.54) is 37.1 Å². The van der Waals surface area contributed by atoms with Crippen LogP contribution in [0.25, 0.3) is 0 Å². The Morgan fingerprint density at radius 2 is 1.88 bits per heavy atom. The molecule has 1 aromatic heterocycles. The zero-order chi connectivity index (χ0) is 19.1. The standard InChI is InChI=1S/C18H20N2O6/c1-4-9-20-17(22)8-7-14(19-20)18(23)26-11-15(21)13-6-5-12(24-2)10-16(13)25-3/h5-8,10H,4,9,11H2,1-3H3. The van der Waals surface area contributed by atoms with Gasteiger partial charge in [-0.1, -0.05) is 6.92 Å². The average molecular weight is 360 g/mol. The minimum absolute atomic E-state index is 0.0347. The molecular formula is C18H20N2O6. The molecule has 0 aliphatic rings. The van der Waals surface area contributed by atoms with E-state index in [1.54, 1.807) is 12.1 Å². The van der Waals surface area contributed by atoms with Crippen molar-refractivity contribution in [1.82, 2.24) is 9.78 Å². The Balaban J connectivity index is 2.09. The lowest BCUT2D eigenvalue weighted by Gasteiger charge is -2.10. The first kappa shape index (κ1) is 19.2. The minimum atomic E-state index is -0.782. The molecule has 2 rings (SSSR count). The van der Waals surface area contributed by atoms with E-state index in [-0.39, 0.29) is 16.8 Å². The maximum Gasteiger partial charge on any atom is 0.359 e. The highest BCUT2D eigenvalue weighted by atomic mass is 16.5. The van der Waals surface area contributed by atoms with Crippen molar-refractivity contribution < 1.29 is 23.8 Å². The summed E-state index contributed by atoms with van der Waals surface area (Å²) in [5.41, 5.74) is -0.0694. The molecule has 1 aromatic carbocycles. The van der Waals surface area contributed by atoms with Crippen molar-refractivity contribution in [2.24, 2.45) is 0 Å². The van der Waals surface area contributed by atoms with Crippen LogP contribution >= 0.6 is 0 Å². The van der Waals surface area contributed by atoms with Crippen LogP contribution in [0.4, 0.5) is 0 Å². The van der Waals surface area contributed by atoms with Crippen LogP contribution in [0.15, 0.2) is 35.1 Å². The number of Topliss-reactive ketones (excluding diaryl/α,β-unsaturated/α-hetero) is 1. The van der Waals surface area contributed by atoms with E-state index >= 15 is 0 Å². The molecule has 8 nitrogen and oxygen atoms in total. The van der Waals surface area contributed by atoms with Gasteiger partial charge in [0.1, 0.15) is 11.5 Å². The number of carbonyl (C=O) groups excluding carboxylic acids is 2. The predicted octanol–water partition coefficient (Wildman–Crippen LogP) is 1.71. The molecule has 0 spiro atoms. The number of carbonyl (C=O) groups is 2. The summed E-state index contributed by atoms with van der Waals surface area (Å²) >= 11 is 0. The molecule has 26 heavy (non-hydrogen) atoms. The molecule has 138 valence electrons. The number of methoxy groups -OCH3 is 2. The number of aromatic nitrogens is 2. The molecule has 2 aromatic rings. The molecule has 0 saturated carbocycles. The number of hydrogen-bond acceptors (Lipinski definition) is 7. The summed E-state index contributed by atoms with van der Waals surface area (Å²) in [5, 5.41) is 3.95. The topological polar surface area (TPSA) is 96.7 Å². The number of hydrogen-bond donors (Lipinski definition) is 0. The van der Waals surface area contributed by atoms with E-state index in [0.29, 0.717) is 24.5 Å². The van der Waals surface area contributed by atoms with Crippen molar-refractivity contribution in [1.29, 1.82) is 0 Å². The molecule has 0 aliphatic carbocycles. The molecule has 0 amide bonds. The molecule has 1 heterocycles. The third-order valence-electron chi connectivity index (χ3n) is 3.55. The quantitative estimate of drug-likeness (QED) is 0.522. The number of nitrogens with zero attached hydrogens (tertiary/aromatic N) is 2. The fourth-order valence-corrected chi connectivity index (χ4v) is 2.24. The van der Waals surface area contributed by atoms with Gasteiger partial charge >= 0.3 is 5.97 Å². The summed E-state index contributed by atoms with van der Waals surface area (Å²) in [4.78, 5) is 36.0. The Hall–Kier alpha value is -3.16. The molecule has 0 N–H and O–H groups in total. The molecule has 0 radical (unpaired) electrons. The van der Waals surface area contributed by atoms with Gasteiger partial charge in [0.25, 0.3) is 5.56 Å². The second-order valence-electron chi connectivity index (χ2n) is 5.35. The van der Waals surface area contributed by atoms with Gasteiger partial charge < -0.3 is 14.2 Å². The van der Waals surface area contributed by atoms with E-state index in [4.69, 9.17) is 14.2 Å². The van der Waals surface area contributed by atoms with Crippen LogP contribution in [0, 0.1) is 0 Å². The van der Waals surface area contributed by atoms with Crippen LogP contribution in [-0.2, 0) is 11.3 Å². The van der Waals surface area contributed by atoms with E-state index in [2.05, 4.69) is 5.10 Å². The van der Waals surface area contributed by atoms with Crippen LogP contribution in [0.2, 0.25) is 0 Å². The summed E-state index contributed by atoms with van der Waals surface area (Å²) in [6.07, 6.45) is 0.696. The molecule has 8 heteroatoms. The highest BCUT2D eigenvalue weighted by Crippen LogP contribution is 2.25. The van der Waals surface area contributed by atoms with Crippen molar-refractivity contribution >= 4 is 11.8 Å². The van der Waals surface area contributed by atoms with Crippen molar-refractivity contribution in [2.45, 2.75) is 19.9 Å². The molecule has 0 fully saturated rings. The van der Waals surface area contributed by atoms with E-state index in [9.17, 15) is 14.4 Å². The van der Waals surface area contributed by atoms with E-state index in [0.717, 1.165) is 0 Å². The van der Waals surface area contributed by atoms with Gasteiger partial charge in [0.2, 0.25) is 5.78 Å². The Bertz CT molecular complexity index is 859. The Labute approximate surface area is 150 Å². The number of rotatable bonds is 8. The zero-order valence-corrected chi connectivity index (χ0v) is 14.9. The third kappa shape index (κ3) is 4.47. The van der Waals surface area contributed by atoms with Gasteiger partial charge in [0.05, 0.1) is 19.8 Å². The molecular weight excluding hydrogens is 340 g/mol. The number of benzene rings is 1. The average Bonchev–Trinajstić information content (AvgIpc) is 2.67. The van der Waals surface area contributed by atoms with Gasteiger partial charge in [-0.05, 0) is 24.6 Å². The van der Waals surface area contributed by atoms with E-state index < -0.39 is 18.4 Å². The third-order valence-corrected chi connectivity index (χ3v) is 3.55. The van der Waals surface area contributed by atoms with Gasteiger partial charge in [-0.15, -0.1) is 0 Å². The highest BCUT2D eigenvalue weighted by molar-refractivity contribution is 6.01. The van der Waals surface area contributed by atoms with E-state index in [1.807, 2.05) is 6.92 Å². The van der Waals surface area contributed by atoms with Gasteiger partial charge in [-0.3, -0.25) is 9.59 Å².